The van der Waals surface area contributed by atoms with E-state index in [-0.39, 0.29) is 5.78 Å². The SMILES string of the molecule is CCc1ccc(C(=O)c2cccc(Cl)c2N)cc1. The lowest BCUT2D eigenvalue weighted by Crippen LogP contribution is -2.05. The van der Waals surface area contributed by atoms with Crippen LogP contribution >= 0.6 is 11.6 Å². The number of nitrogens with two attached hydrogens (primary N) is 1. The van der Waals surface area contributed by atoms with Gasteiger partial charge in [-0.3, -0.25) is 4.79 Å². The molecule has 0 aromatic heterocycles. The van der Waals surface area contributed by atoms with E-state index >= 15 is 0 Å². The van der Waals surface area contributed by atoms with Crippen molar-refractivity contribution in [3.63, 3.8) is 0 Å². The Bertz CT molecular complexity index is 576. The van der Waals surface area contributed by atoms with Crippen LogP contribution in [0.25, 0.3) is 0 Å². The molecule has 2 aromatic rings. The maximum absolute atomic E-state index is 12.3. The van der Waals surface area contributed by atoms with Gasteiger partial charge in [-0.2, -0.15) is 0 Å². The number of ketones is 1. The van der Waals surface area contributed by atoms with Crippen LogP contribution in [0.5, 0.6) is 0 Å². The normalized spacial score (nSPS) is 10.3. The molecule has 0 radical (unpaired) electrons. The van der Waals surface area contributed by atoms with Gasteiger partial charge in [-0.05, 0) is 24.1 Å². The van der Waals surface area contributed by atoms with Gasteiger partial charge < -0.3 is 5.73 Å². The first-order valence-corrected chi connectivity index (χ1v) is 6.19. The molecule has 18 heavy (non-hydrogen) atoms. The van der Waals surface area contributed by atoms with Gasteiger partial charge in [0, 0.05) is 11.1 Å². The Morgan fingerprint density at radius 1 is 1.17 bits per heavy atom. The fourth-order valence-corrected chi connectivity index (χ4v) is 1.96. The van der Waals surface area contributed by atoms with Crippen LogP contribution < -0.4 is 5.73 Å². The highest BCUT2D eigenvalue weighted by molar-refractivity contribution is 6.34. The highest BCUT2D eigenvalue weighted by atomic mass is 35.5. The van der Waals surface area contributed by atoms with Gasteiger partial charge in [0.2, 0.25) is 0 Å². The minimum atomic E-state index is -0.0994. The zero-order chi connectivity index (χ0) is 13.1. The zero-order valence-corrected chi connectivity index (χ0v) is 10.9. The Labute approximate surface area is 111 Å². The number of hydrogen-bond acceptors (Lipinski definition) is 2. The monoisotopic (exact) mass is 259 g/mol. The molecule has 0 aliphatic rings. The Morgan fingerprint density at radius 2 is 1.83 bits per heavy atom. The second kappa shape index (κ2) is 5.23. The molecule has 0 saturated heterocycles. The summed E-state index contributed by atoms with van der Waals surface area (Å²) in [6.07, 6.45) is 0.952. The van der Waals surface area contributed by atoms with Crippen molar-refractivity contribution in [2.45, 2.75) is 13.3 Å². The minimum Gasteiger partial charge on any atom is -0.397 e. The van der Waals surface area contributed by atoms with Gasteiger partial charge in [-0.25, -0.2) is 0 Å². The molecule has 0 bridgehead atoms. The fourth-order valence-electron chi connectivity index (χ4n) is 1.78. The van der Waals surface area contributed by atoms with Crippen LogP contribution in [0.3, 0.4) is 0 Å². The molecule has 2 N–H and O–H groups in total. The molecule has 2 aromatic carbocycles. The predicted molar refractivity (Wildman–Crippen MR) is 75.1 cm³/mol. The third-order valence-electron chi connectivity index (χ3n) is 2.92. The molecule has 0 atom stereocenters. The van der Waals surface area contributed by atoms with E-state index in [9.17, 15) is 4.79 Å². The molecule has 0 spiro atoms. The number of hydrogen-bond donors (Lipinski definition) is 1. The molecule has 2 rings (SSSR count). The molecule has 3 heteroatoms. The van der Waals surface area contributed by atoms with E-state index in [4.69, 9.17) is 17.3 Å². The van der Waals surface area contributed by atoms with Crippen LogP contribution in [0.15, 0.2) is 42.5 Å². The van der Waals surface area contributed by atoms with Gasteiger partial charge in [-0.1, -0.05) is 48.9 Å². The average molecular weight is 260 g/mol. The Hall–Kier alpha value is -1.80. The molecule has 0 heterocycles. The number of halogens is 1. The molecular weight excluding hydrogens is 246 g/mol. The summed E-state index contributed by atoms with van der Waals surface area (Å²) in [5, 5.41) is 0.408. The van der Waals surface area contributed by atoms with E-state index in [1.54, 1.807) is 18.2 Å². The van der Waals surface area contributed by atoms with E-state index in [1.807, 2.05) is 24.3 Å². The number of carbonyl (C=O) groups is 1. The maximum Gasteiger partial charge on any atom is 0.195 e. The third-order valence-corrected chi connectivity index (χ3v) is 3.25. The molecule has 0 unspecified atom stereocenters. The van der Waals surface area contributed by atoms with Gasteiger partial charge in [0.1, 0.15) is 0 Å². The van der Waals surface area contributed by atoms with Crippen LogP contribution in [-0.4, -0.2) is 5.78 Å². The van der Waals surface area contributed by atoms with Crippen LogP contribution in [0, 0.1) is 0 Å². The fraction of sp³-hybridized carbons (Fsp3) is 0.133. The summed E-state index contributed by atoms with van der Waals surface area (Å²) >= 11 is 5.92. The summed E-state index contributed by atoms with van der Waals surface area (Å²) < 4.78 is 0. The number of benzene rings is 2. The lowest BCUT2D eigenvalue weighted by molar-refractivity contribution is 0.103. The van der Waals surface area contributed by atoms with Crippen molar-refractivity contribution in [3.05, 3.63) is 64.2 Å². The van der Waals surface area contributed by atoms with Crippen molar-refractivity contribution in [2.24, 2.45) is 0 Å². The Kier molecular flexibility index (Phi) is 3.68. The molecule has 0 aliphatic heterocycles. The second-order valence-corrected chi connectivity index (χ2v) is 4.49. The summed E-state index contributed by atoms with van der Waals surface area (Å²) in [5.74, 6) is -0.0994. The first-order valence-electron chi connectivity index (χ1n) is 5.81. The summed E-state index contributed by atoms with van der Waals surface area (Å²) in [5.41, 5.74) is 8.44. The highest BCUT2D eigenvalue weighted by Gasteiger charge is 2.13. The van der Waals surface area contributed by atoms with E-state index in [2.05, 4.69) is 6.92 Å². The average Bonchev–Trinajstić information content (AvgIpc) is 2.41. The van der Waals surface area contributed by atoms with Crippen molar-refractivity contribution in [1.29, 1.82) is 0 Å². The first-order chi connectivity index (χ1) is 8.63. The molecule has 0 saturated carbocycles. The van der Waals surface area contributed by atoms with Crippen LogP contribution in [0.1, 0.15) is 28.4 Å². The topological polar surface area (TPSA) is 43.1 Å². The standard InChI is InChI=1S/C15H14ClNO/c1-2-10-6-8-11(9-7-10)15(18)12-4-3-5-13(16)14(12)17/h3-9H,2,17H2,1H3. The van der Waals surface area contributed by atoms with Gasteiger partial charge in [0.25, 0.3) is 0 Å². The summed E-state index contributed by atoms with van der Waals surface area (Å²) in [6.45, 7) is 2.08. The largest absolute Gasteiger partial charge is 0.397 e. The molecular formula is C15H14ClNO. The molecule has 0 amide bonds. The molecule has 0 aliphatic carbocycles. The van der Waals surface area contributed by atoms with Crippen LogP contribution in [0.4, 0.5) is 5.69 Å². The van der Waals surface area contributed by atoms with Gasteiger partial charge in [-0.15, -0.1) is 0 Å². The zero-order valence-electron chi connectivity index (χ0n) is 10.1. The summed E-state index contributed by atoms with van der Waals surface area (Å²) in [7, 11) is 0. The quantitative estimate of drug-likeness (QED) is 0.674. The molecule has 92 valence electrons. The number of anilines is 1. The lowest BCUT2D eigenvalue weighted by Gasteiger charge is -2.06. The van der Waals surface area contributed by atoms with E-state index in [0.717, 1.165) is 6.42 Å². The number of aryl methyl sites for hydroxylation is 1. The number of rotatable bonds is 3. The number of para-hydroxylation sites is 1. The van der Waals surface area contributed by atoms with Gasteiger partial charge >= 0.3 is 0 Å². The smallest absolute Gasteiger partial charge is 0.195 e. The van der Waals surface area contributed by atoms with Crippen LogP contribution in [0.2, 0.25) is 5.02 Å². The van der Waals surface area contributed by atoms with Crippen molar-refractivity contribution in [2.75, 3.05) is 5.73 Å². The van der Waals surface area contributed by atoms with E-state index < -0.39 is 0 Å². The van der Waals surface area contributed by atoms with Crippen LogP contribution in [-0.2, 0) is 6.42 Å². The second-order valence-electron chi connectivity index (χ2n) is 4.08. The number of nitrogen functional groups attached to an aromatic ring is 1. The maximum atomic E-state index is 12.3. The summed E-state index contributed by atoms with van der Waals surface area (Å²) in [4.78, 5) is 12.3. The first kappa shape index (κ1) is 12.7. The Morgan fingerprint density at radius 3 is 2.44 bits per heavy atom. The van der Waals surface area contributed by atoms with Crippen molar-refractivity contribution in [1.82, 2.24) is 0 Å². The summed E-state index contributed by atoms with van der Waals surface area (Å²) in [6, 6.07) is 12.6. The predicted octanol–water partition coefficient (Wildman–Crippen LogP) is 3.72. The van der Waals surface area contributed by atoms with Gasteiger partial charge in [0.15, 0.2) is 5.78 Å². The Balaban J connectivity index is 2.38. The van der Waals surface area contributed by atoms with E-state index in [1.165, 1.54) is 5.56 Å². The van der Waals surface area contributed by atoms with Crippen molar-refractivity contribution < 1.29 is 4.79 Å². The van der Waals surface area contributed by atoms with E-state index in [0.29, 0.717) is 21.8 Å². The van der Waals surface area contributed by atoms with Crippen molar-refractivity contribution in [3.8, 4) is 0 Å². The molecule has 0 fully saturated rings. The highest BCUT2D eigenvalue weighted by Crippen LogP contribution is 2.24. The molecule has 2 nitrogen and oxygen atoms in total. The third kappa shape index (κ3) is 2.39. The number of carbonyl (C=O) groups excluding carboxylic acids is 1. The van der Waals surface area contributed by atoms with Crippen molar-refractivity contribution >= 4 is 23.1 Å². The minimum absolute atomic E-state index is 0.0994. The lowest BCUT2D eigenvalue weighted by atomic mass is 10.0. The van der Waals surface area contributed by atoms with Gasteiger partial charge in [0.05, 0.1) is 10.7 Å².